The van der Waals surface area contributed by atoms with Crippen molar-refractivity contribution in [1.82, 2.24) is 10.3 Å². The molecule has 2 N–H and O–H groups in total. The van der Waals surface area contributed by atoms with Gasteiger partial charge in [-0.25, -0.2) is 4.79 Å². The van der Waals surface area contributed by atoms with Crippen LogP contribution in [0.15, 0.2) is 42.6 Å². The zero-order valence-electron chi connectivity index (χ0n) is 11.3. The van der Waals surface area contributed by atoms with Gasteiger partial charge >= 0.3 is 5.97 Å². The number of hydrogen-bond acceptors (Lipinski definition) is 3. The van der Waals surface area contributed by atoms with Crippen LogP contribution in [0.3, 0.4) is 0 Å². The summed E-state index contributed by atoms with van der Waals surface area (Å²) in [5.74, 6) is -1.69. The first-order chi connectivity index (χ1) is 10.5. The van der Waals surface area contributed by atoms with E-state index in [2.05, 4.69) is 10.3 Å². The van der Waals surface area contributed by atoms with E-state index >= 15 is 0 Å². The minimum atomic E-state index is -1.14. The number of hydrogen-bond donors (Lipinski definition) is 2. The fraction of sp³-hybridized carbons (Fsp3) is 0.133. The number of pyridine rings is 1. The van der Waals surface area contributed by atoms with Gasteiger partial charge in [0.05, 0.1) is 10.0 Å². The highest BCUT2D eigenvalue weighted by Gasteiger charge is 2.21. The van der Waals surface area contributed by atoms with Gasteiger partial charge in [0.15, 0.2) is 0 Å². The van der Waals surface area contributed by atoms with Crippen LogP contribution in [0.2, 0.25) is 10.0 Å². The highest BCUT2D eigenvalue weighted by atomic mass is 35.5. The van der Waals surface area contributed by atoms with Gasteiger partial charge in [-0.3, -0.25) is 9.78 Å². The Morgan fingerprint density at radius 3 is 2.55 bits per heavy atom. The smallest absolute Gasteiger partial charge is 0.326 e. The van der Waals surface area contributed by atoms with Crippen molar-refractivity contribution in [3.63, 3.8) is 0 Å². The van der Waals surface area contributed by atoms with Crippen molar-refractivity contribution >= 4 is 35.1 Å². The minimum Gasteiger partial charge on any atom is -0.480 e. The number of halogens is 2. The zero-order valence-corrected chi connectivity index (χ0v) is 12.8. The summed E-state index contributed by atoms with van der Waals surface area (Å²) in [4.78, 5) is 27.2. The van der Waals surface area contributed by atoms with Crippen LogP contribution in [-0.2, 0) is 11.2 Å². The summed E-state index contributed by atoms with van der Waals surface area (Å²) in [6.45, 7) is 0. The lowest BCUT2D eigenvalue weighted by atomic mass is 10.1. The molecule has 0 aliphatic heterocycles. The predicted octanol–water partition coefficient (Wildman–Crippen LogP) is 2.81. The number of aromatic nitrogens is 1. The molecule has 1 aromatic carbocycles. The number of amides is 1. The lowest BCUT2D eigenvalue weighted by Gasteiger charge is -2.14. The van der Waals surface area contributed by atoms with Gasteiger partial charge in [0.25, 0.3) is 5.91 Å². The van der Waals surface area contributed by atoms with Crippen LogP contribution < -0.4 is 5.32 Å². The molecule has 0 fully saturated rings. The predicted molar refractivity (Wildman–Crippen MR) is 83.3 cm³/mol. The Labute approximate surface area is 136 Å². The molecule has 0 spiro atoms. The summed E-state index contributed by atoms with van der Waals surface area (Å²) in [6.07, 6.45) is 1.55. The first-order valence-electron chi connectivity index (χ1n) is 6.36. The van der Waals surface area contributed by atoms with Crippen LogP contribution in [0.5, 0.6) is 0 Å². The Morgan fingerprint density at radius 2 is 1.95 bits per heavy atom. The molecule has 1 amide bonds. The molecule has 0 aliphatic carbocycles. The van der Waals surface area contributed by atoms with Gasteiger partial charge in [-0.2, -0.15) is 0 Å². The maximum Gasteiger partial charge on any atom is 0.326 e. The fourth-order valence-electron chi connectivity index (χ4n) is 1.83. The quantitative estimate of drug-likeness (QED) is 0.878. The highest BCUT2D eigenvalue weighted by Crippen LogP contribution is 2.23. The summed E-state index contributed by atoms with van der Waals surface area (Å²) in [5.41, 5.74) is 0.811. The number of rotatable bonds is 5. The Balaban J connectivity index is 2.12. The van der Waals surface area contributed by atoms with E-state index in [4.69, 9.17) is 23.2 Å². The van der Waals surface area contributed by atoms with Gasteiger partial charge in [0.2, 0.25) is 0 Å². The van der Waals surface area contributed by atoms with Crippen molar-refractivity contribution < 1.29 is 14.7 Å². The Bertz CT molecular complexity index is 692. The lowest BCUT2D eigenvalue weighted by molar-refractivity contribution is -0.139. The average Bonchev–Trinajstić information content (AvgIpc) is 2.51. The van der Waals surface area contributed by atoms with Crippen LogP contribution >= 0.6 is 23.2 Å². The molecule has 2 rings (SSSR count). The minimum absolute atomic E-state index is 0.0881. The van der Waals surface area contributed by atoms with E-state index in [1.165, 1.54) is 12.3 Å². The molecule has 0 saturated heterocycles. The number of aliphatic carboxylic acids is 1. The number of benzene rings is 1. The van der Waals surface area contributed by atoms with E-state index in [9.17, 15) is 14.7 Å². The maximum absolute atomic E-state index is 12.0. The zero-order chi connectivity index (χ0) is 16.1. The van der Waals surface area contributed by atoms with Crippen LogP contribution in [0.4, 0.5) is 0 Å². The van der Waals surface area contributed by atoms with Crippen molar-refractivity contribution in [3.8, 4) is 0 Å². The van der Waals surface area contributed by atoms with Crippen LogP contribution in [0.25, 0.3) is 0 Å². The largest absolute Gasteiger partial charge is 0.480 e. The van der Waals surface area contributed by atoms with E-state index in [0.29, 0.717) is 15.6 Å². The number of carbonyl (C=O) groups is 2. The Hall–Kier alpha value is -2.11. The molecule has 7 heteroatoms. The molecule has 0 radical (unpaired) electrons. The molecule has 114 valence electrons. The molecule has 0 aliphatic rings. The molecule has 0 saturated carbocycles. The third-order valence-corrected chi connectivity index (χ3v) is 3.66. The molecular formula is C15H12Cl2N2O3. The van der Waals surface area contributed by atoms with Crippen LogP contribution in [-0.4, -0.2) is 28.0 Å². The topological polar surface area (TPSA) is 79.3 Å². The molecular weight excluding hydrogens is 327 g/mol. The number of nitrogens with one attached hydrogen (secondary N) is 1. The molecule has 1 aromatic heterocycles. The second-order valence-corrected chi connectivity index (χ2v) is 5.35. The van der Waals surface area contributed by atoms with E-state index in [-0.39, 0.29) is 12.1 Å². The summed E-state index contributed by atoms with van der Waals surface area (Å²) in [5, 5.41) is 12.4. The van der Waals surface area contributed by atoms with Crippen molar-refractivity contribution in [2.24, 2.45) is 0 Å². The second kappa shape index (κ2) is 7.24. The molecule has 2 aromatic rings. The highest BCUT2D eigenvalue weighted by molar-refractivity contribution is 6.42. The standard InChI is InChI=1S/C15H12Cl2N2O3/c16-10-5-4-9(7-11(10)17)8-13(15(21)22)19-14(20)12-3-1-2-6-18-12/h1-7,13H,8H2,(H,19,20)(H,21,22). The van der Waals surface area contributed by atoms with E-state index in [1.807, 2.05) is 0 Å². The van der Waals surface area contributed by atoms with E-state index < -0.39 is 17.9 Å². The van der Waals surface area contributed by atoms with Gasteiger partial charge in [0, 0.05) is 12.6 Å². The van der Waals surface area contributed by atoms with Gasteiger partial charge in [-0.15, -0.1) is 0 Å². The molecule has 1 atom stereocenters. The Morgan fingerprint density at radius 1 is 1.18 bits per heavy atom. The number of carboxylic acids is 1. The summed E-state index contributed by atoms with van der Waals surface area (Å²) in [7, 11) is 0. The number of carbonyl (C=O) groups excluding carboxylic acids is 1. The van der Waals surface area contributed by atoms with Gasteiger partial charge in [-0.05, 0) is 29.8 Å². The van der Waals surface area contributed by atoms with E-state index in [0.717, 1.165) is 0 Å². The first kappa shape index (κ1) is 16.3. The third kappa shape index (κ3) is 4.19. The van der Waals surface area contributed by atoms with Crippen LogP contribution in [0.1, 0.15) is 16.1 Å². The normalized spacial score (nSPS) is 11.7. The molecule has 1 heterocycles. The Kier molecular flexibility index (Phi) is 5.35. The van der Waals surface area contributed by atoms with Crippen molar-refractivity contribution in [2.45, 2.75) is 12.5 Å². The summed E-state index contributed by atoms with van der Waals surface area (Å²) >= 11 is 11.7. The van der Waals surface area contributed by atoms with Gasteiger partial charge in [-0.1, -0.05) is 35.3 Å². The molecule has 0 bridgehead atoms. The van der Waals surface area contributed by atoms with Gasteiger partial charge in [0.1, 0.15) is 11.7 Å². The molecule has 22 heavy (non-hydrogen) atoms. The van der Waals surface area contributed by atoms with E-state index in [1.54, 1.807) is 30.3 Å². The monoisotopic (exact) mass is 338 g/mol. The number of nitrogens with zero attached hydrogens (tertiary/aromatic N) is 1. The van der Waals surface area contributed by atoms with Crippen molar-refractivity contribution in [2.75, 3.05) is 0 Å². The summed E-state index contributed by atoms with van der Waals surface area (Å²) < 4.78 is 0. The third-order valence-electron chi connectivity index (χ3n) is 2.92. The number of carboxylic acid groups (broad SMARTS) is 1. The molecule has 5 nitrogen and oxygen atoms in total. The van der Waals surface area contributed by atoms with Gasteiger partial charge < -0.3 is 10.4 Å². The lowest BCUT2D eigenvalue weighted by Crippen LogP contribution is -2.42. The average molecular weight is 339 g/mol. The maximum atomic E-state index is 12.0. The second-order valence-electron chi connectivity index (χ2n) is 4.53. The first-order valence-corrected chi connectivity index (χ1v) is 7.11. The summed E-state index contributed by atoms with van der Waals surface area (Å²) in [6, 6.07) is 8.56. The van der Waals surface area contributed by atoms with Crippen molar-refractivity contribution in [3.05, 3.63) is 63.9 Å². The fourth-order valence-corrected chi connectivity index (χ4v) is 2.15. The molecule has 1 unspecified atom stereocenters. The van der Waals surface area contributed by atoms with Crippen LogP contribution in [0, 0.1) is 0 Å². The SMILES string of the molecule is O=C(NC(Cc1ccc(Cl)c(Cl)c1)C(=O)O)c1ccccn1. The van der Waals surface area contributed by atoms with Crippen molar-refractivity contribution in [1.29, 1.82) is 0 Å².